The Morgan fingerprint density at radius 2 is 1.93 bits per heavy atom. The van der Waals surface area contributed by atoms with Gasteiger partial charge >= 0.3 is 6.09 Å². The molecule has 142 valence electrons. The second kappa shape index (κ2) is 8.39. The molecule has 0 aliphatic carbocycles. The van der Waals surface area contributed by atoms with Crippen LogP contribution in [-0.2, 0) is 11.3 Å². The van der Waals surface area contributed by atoms with Crippen LogP contribution < -0.4 is 10.2 Å². The van der Waals surface area contributed by atoms with Crippen molar-refractivity contribution in [1.29, 1.82) is 0 Å². The lowest BCUT2D eigenvalue weighted by atomic mass is 10.1. The van der Waals surface area contributed by atoms with Crippen molar-refractivity contribution in [2.45, 2.75) is 25.5 Å². The Morgan fingerprint density at radius 3 is 2.67 bits per heavy atom. The van der Waals surface area contributed by atoms with E-state index in [1.165, 1.54) is 0 Å². The first kappa shape index (κ1) is 17.8. The lowest BCUT2D eigenvalue weighted by Gasteiger charge is -2.29. The molecule has 0 bridgehead atoms. The molecule has 1 N–H and O–H groups in total. The van der Waals surface area contributed by atoms with Crippen LogP contribution in [0.25, 0.3) is 0 Å². The van der Waals surface area contributed by atoms with Gasteiger partial charge in [0.25, 0.3) is 0 Å². The molecule has 2 fully saturated rings. The minimum absolute atomic E-state index is 0.0536. The average molecular weight is 366 g/mol. The maximum Gasteiger partial charge on any atom is 0.410 e. The molecule has 4 rings (SSSR count). The summed E-state index contributed by atoms with van der Waals surface area (Å²) in [4.78, 5) is 21.4. The molecule has 0 unspecified atom stereocenters. The van der Waals surface area contributed by atoms with Crippen molar-refractivity contribution in [3.63, 3.8) is 0 Å². The van der Waals surface area contributed by atoms with Crippen LogP contribution in [0.2, 0.25) is 0 Å². The van der Waals surface area contributed by atoms with E-state index in [2.05, 4.69) is 27.3 Å². The third-order valence-corrected chi connectivity index (χ3v) is 5.29. The third-order valence-electron chi connectivity index (χ3n) is 5.29. The van der Waals surface area contributed by atoms with Crippen LogP contribution in [0.5, 0.6) is 0 Å². The fourth-order valence-electron chi connectivity index (χ4n) is 3.81. The molecule has 3 heterocycles. The Hall–Kier alpha value is -2.60. The van der Waals surface area contributed by atoms with E-state index in [-0.39, 0.29) is 12.1 Å². The first-order valence-electron chi connectivity index (χ1n) is 9.70. The average Bonchev–Trinajstić information content (AvgIpc) is 3.24. The predicted molar refractivity (Wildman–Crippen MR) is 105 cm³/mol. The standard InChI is InChI=1S/C21H26N4O2/c26-21(27-16-17-5-2-1-3-6-17)25-12-4-7-19(25)18-8-9-20(23-15-18)24-13-10-22-11-14-24/h1-3,5-6,8-9,15,19,22H,4,7,10-14,16H2/t19-/m1/s1. The number of likely N-dealkylation sites (tertiary alicyclic amines) is 1. The molecule has 2 saturated heterocycles. The fraction of sp³-hybridized carbons (Fsp3) is 0.429. The Morgan fingerprint density at radius 1 is 1.11 bits per heavy atom. The maximum absolute atomic E-state index is 12.6. The van der Waals surface area contributed by atoms with Gasteiger partial charge < -0.3 is 19.9 Å². The molecular weight excluding hydrogens is 340 g/mol. The van der Waals surface area contributed by atoms with Crippen LogP contribution in [0.15, 0.2) is 48.7 Å². The SMILES string of the molecule is O=C(OCc1ccccc1)N1CCC[C@@H]1c1ccc(N2CCNCC2)nc1. The molecule has 2 aliphatic rings. The number of carbonyl (C=O) groups is 1. The Labute approximate surface area is 160 Å². The molecule has 1 amide bonds. The summed E-state index contributed by atoms with van der Waals surface area (Å²) in [5, 5.41) is 3.36. The van der Waals surface area contributed by atoms with E-state index in [1.807, 2.05) is 41.4 Å². The van der Waals surface area contributed by atoms with Crippen LogP contribution in [0.1, 0.15) is 30.0 Å². The van der Waals surface area contributed by atoms with E-state index in [0.717, 1.165) is 62.5 Å². The summed E-state index contributed by atoms with van der Waals surface area (Å²) in [6.45, 7) is 4.99. The van der Waals surface area contributed by atoms with Gasteiger partial charge in [0.15, 0.2) is 0 Å². The lowest BCUT2D eigenvalue weighted by Crippen LogP contribution is -2.43. The second-order valence-electron chi connectivity index (χ2n) is 7.08. The number of anilines is 1. The molecule has 0 saturated carbocycles. The van der Waals surface area contributed by atoms with Gasteiger partial charge in [0.1, 0.15) is 12.4 Å². The molecule has 27 heavy (non-hydrogen) atoms. The van der Waals surface area contributed by atoms with Crippen molar-refractivity contribution in [3.8, 4) is 0 Å². The van der Waals surface area contributed by atoms with E-state index < -0.39 is 0 Å². The number of carbonyl (C=O) groups excluding carboxylic acids is 1. The topological polar surface area (TPSA) is 57.7 Å². The molecule has 0 radical (unpaired) electrons. The monoisotopic (exact) mass is 366 g/mol. The van der Waals surface area contributed by atoms with Gasteiger partial charge in [-0.15, -0.1) is 0 Å². The number of nitrogens with zero attached hydrogens (tertiary/aromatic N) is 3. The number of rotatable bonds is 4. The normalized spacial score (nSPS) is 19.9. The molecular formula is C21H26N4O2. The van der Waals surface area contributed by atoms with Crippen LogP contribution in [0.4, 0.5) is 10.6 Å². The molecule has 1 aromatic carbocycles. The van der Waals surface area contributed by atoms with Gasteiger partial charge in [0, 0.05) is 38.9 Å². The number of pyridine rings is 1. The Bertz CT molecular complexity index is 745. The van der Waals surface area contributed by atoms with E-state index in [0.29, 0.717) is 6.61 Å². The summed E-state index contributed by atoms with van der Waals surface area (Å²) in [5.41, 5.74) is 2.09. The van der Waals surface area contributed by atoms with E-state index >= 15 is 0 Å². The first-order chi connectivity index (χ1) is 13.3. The Kier molecular flexibility index (Phi) is 5.53. The van der Waals surface area contributed by atoms with Gasteiger partial charge in [-0.3, -0.25) is 0 Å². The number of hydrogen-bond acceptors (Lipinski definition) is 5. The number of nitrogens with one attached hydrogen (secondary N) is 1. The van der Waals surface area contributed by atoms with Crippen molar-refractivity contribution in [1.82, 2.24) is 15.2 Å². The molecule has 1 aromatic heterocycles. The highest BCUT2D eigenvalue weighted by Crippen LogP contribution is 2.32. The van der Waals surface area contributed by atoms with Gasteiger partial charge in [0.2, 0.25) is 0 Å². The van der Waals surface area contributed by atoms with E-state index in [4.69, 9.17) is 4.74 Å². The summed E-state index contributed by atoms with van der Waals surface area (Å²) in [6.07, 6.45) is 3.62. The minimum Gasteiger partial charge on any atom is -0.445 e. The zero-order valence-electron chi connectivity index (χ0n) is 15.5. The number of hydrogen-bond donors (Lipinski definition) is 1. The predicted octanol–water partition coefficient (Wildman–Crippen LogP) is 2.96. The zero-order chi connectivity index (χ0) is 18.5. The summed E-state index contributed by atoms with van der Waals surface area (Å²) in [6, 6.07) is 14.0. The summed E-state index contributed by atoms with van der Waals surface area (Å²) >= 11 is 0. The summed E-state index contributed by atoms with van der Waals surface area (Å²) in [7, 11) is 0. The third kappa shape index (κ3) is 4.22. The number of piperazine rings is 1. The molecule has 6 nitrogen and oxygen atoms in total. The highest BCUT2D eigenvalue weighted by Gasteiger charge is 2.31. The number of amides is 1. The van der Waals surface area contributed by atoms with Crippen molar-refractivity contribution in [3.05, 3.63) is 59.8 Å². The van der Waals surface area contributed by atoms with E-state index in [1.54, 1.807) is 0 Å². The largest absolute Gasteiger partial charge is 0.445 e. The van der Waals surface area contributed by atoms with Crippen LogP contribution in [0.3, 0.4) is 0 Å². The van der Waals surface area contributed by atoms with E-state index in [9.17, 15) is 4.79 Å². The molecule has 1 atom stereocenters. The smallest absolute Gasteiger partial charge is 0.410 e. The van der Waals surface area contributed by atoms with Crippen molar-refractivity contribution >= 4 is 11.9 Å². The number of ether oxygens (including phenoxy) is 1. The number of benzene rings is 1. The maximum atomic E-state index is 12.6. The molecule has 0 spiro atoms. The van der Waals surface area contributed by atoms with Crippen molar-refractivity contribution < 1.29 is 9.53 Å². The van der Waals surface area contributed by atoms with Crippen LogP contribution in [0, 0.1) is 0 Å². The van der Waals surface area contributed by atoms with Crippen LogP contribution >= 0.6 is 0 Å². The van der Waals surface area contributed by atoms with Gasteiger partial charge in [0.05, 0.1) is 6.04 Å². The molecule has 6 heteroatoms. The highest BCUT2D eigenvalue weighted by molar-refractivity contribution is 5.68. The van der Waals surface area contributed by atoms with Gasteiger partial charge in [-0.05, 0) is 30.0 Å². The molecule has 2 aromatic rings. The first-order valence-corrected chi connectivity index (χ1v) is 9.70. The highest BCUT2D eigenvalue weighted by atomic mass is 16.6. The van der Waals surface area contributed by atoms with Crippen molar-refractivity contribution in [2.24, 2.45) is 0 Å². The van der Waals surface area contributed by atoms with Gasteiger partial charge in [-0.2, -0.15) is 0 Å². The summed E-state index contributed by atoms with van der Waals surface area (Å²) < 4.78 is 5.53. The molecule has 2 aliphatic heterocycles. The van der Waals surface area contributed by atoms with Gasteiger partial charge in [-0.25, -0.2) is 9.78 Å². The second-order valence-corrected chi connectivity index (χ2v) is 7.08. The van der Waals surface area contributed by atoms with Crippen molar-refractivity contribution in [2.75, 3.05) is 37.6 Å². The van der Waals surface area contributed by atoms with Gasteiger partial charge in [-0.1, -0.05) is 36.4 Å². The summed E-state index contributed by atoms with van der Waals surface area (Å²) in [5.74, 6) is 1.01. The quantitative estimate of drug-likeness (QED) is 0.902. The van der Waals surface area contributed by atoms with Crippen LogP contribution in [-0.4, -0.2) is 48.7 Å². The number of aromatic nitrogens is 1. The fourth-order valence-corrected chi connectivity index (χ4v) is 3.81. The Balaban J connectivity index is 1.39. The zero-order valence-corrected chi connectivity index (χ0v) is 15.5. The minimum atomic E-state index is -0.243. The lowest BCUT2D eigenvalue weighted by molar-refractivity contribution is 0.0920.